The molecule has 0 aliphatic heterocycles. The van der Waals surface area contributed by atoms with Crippen LogP contribution >= 0.6 is 0 Å². The van der Waals surface area contributed by atoms with Crippen LogP contribution in [0.5, 0.6) is 0 Å². The largest absolute Gasteiger partial charge is 0.394 e. The molecule has 8 heteroatoms. The highest BCUT2D eigenvalue weighted by atomic mass is 16.3. The number of rotatable bonds is 7. The van der Waals surface area contributed by atoms with Gasteiger partial charge in [-0.25, -0.2) is 0 Å². The molecule has 0 rings (SSSR count). The lowest BCUT2D eigenvalue weighted by Crippen LogP contribution is -2.50. The second-order valence-corrected chi connectivity index (χ2v) is 3.48. The molecule has 6 N–H and O–H groups in total. The van der Waals surface area contributed by atoms with Gasteiger partial charge in [-0.2, -0.15) is 0 Å². The molecular formula is C9H17N3O5. The van der Waals surface area contributed by atoms with E-state index in [1.807, 2.05) is 0 Å². The van der Waals surface area contributed by atoms with Crippen molar-refractivity contribution >= 4 is 18.1 Å². The van der Waals surface area contributed by atoms with Crippen molar-refractivity contribution in [2.75, 3.05) is 13.2 Å². The average Bonchev–Trinajstić information content (AvgIpc) is 2.31. The molecular weight excluding hydrogens is 230 g/mol. The smallest absolute Gasteiger partial charge is 0.240 e. The van der Waals surface area contributed by atoms with Crippen molar-refractivity contribution in [3.8, 4) is 0 Å². The summed E-state index contributed by atoms with van der Waals surface area (Å²) < 4.78 is 0. The van der Waals surface area contributed by atoms with E-state index in [1.165, 1.54) is 6.92 Å². The maximum atomic E-state index is 11.2. The van der Waals surface area contributed by atoms with E-state index in [1.54, 1.807) is 0 Å². The summed E-state index contributed by atoms with van der Waals surface area (Å²) in [5.41, 5.74) is 5.31. The van der Waals surface area contributed by atoms with Gasteiger partial charge in [0.05, 0.1) is 19.3 Å². The summed E-state index contributed by atoms with van der Waals surface area (Å²) in [7, 11) is 0. The number of aldehydes is 1. The molecule has 0 aromatic carbocycles. The molecule has 0 spiro atoms. The standard InChI is InChI=1S/C9H17N3O5/c1-5(15)8(10)9(17)11-2-7(16)12-6(3-13)4-14/h3,5-6,8,14-15H,2,4,10H2,1H3,(H,11,17)(H,12,16)/t5-,6+,8-/m0/s1. The molecule has 98 valence electrons. The molecule has 17 heavy (non-hydrogen) atoms. The van der Waals surface area contributed by atoms with Crippen molar-refractivity contribution in [1.29, 1.82) is 0 Å². The number of aliphatic hydroxyl groups is 2. The van der Waals surface area contributed by atoms with E-state index in [0.717, 1.165) is 0 Å². The minimum atomic E-state index is -1.12. The zero-order valence-electron chi connectivity index (χ0n) is 9.42. The van der Waals surface area contributed by atoms with Crippen LogP contribution in [-0.4, -0.2) is 59.7 Å². The summed E-state index contributed by atoms with van der Waals surface area (Å²) in [5.74, 6) is -1.32. The number of hydrogen-bond acceptors (Lipinski definition) is 6. The summed E-state index contributed by atoms with van der Waals surface area (Å²) in [5, 5.41) is 22.0. The van der Waals surface area contributed by atoms with Gasteiger partial charge in [-0.15, -0.1) is 0 Å². The monoisotopic (exact) mass is 247 g/mol. The third kappa shape index (κ3) is 5.95. The lowest BCUT2D eigenvalue weighted by atomic mass is 10.2. The van der Waals surface area contributed by atoms with Crippen LogP contribution < -0.4 is 16.4 Å². The summed E-state index contributed by atoms with van der Waals surface area (Å²) >= 11 is 0. The molecule has 0 heterocycles. The predicted molar refractivity (Wildman–Crippen MR) is 57.7 cm³/mol. The van der Waals surface area contributed by atoms with Crippen molar-refractivity contribution in [1.82, 2.24) is 10.6 Å². The number of carbonyl (C=O) groups is 3. The van der Waals surface area contributed by atoms with Crippen LogP contribution in [0.1, 0.15) is 6.92 Å². The van der Waals surface area contributed by atoms with E-state index >= 15 is 0 Å². The maximum Gasteiger partial charge on any atom is 0.240 e. The Labute approximate surface area is 98.2 Å². The first-order chi connectivity index (χ1) is 7.92. The summed E-state index contributed by atoms with van der Waals surface area (Å²) in [6.07, 6.45) is -0.653. The van der Waals surface area contributed by atoms with Gasteiger partial charge in [0.15, 0.2) is 0 Å². The van der Waals surface area contributed by atoms with Gasteiger partial charge >= 0.3 is 0 Å². The Hall–Kier alpha value is -1.51. The Morgan fingerprint density at radius 1 is 1.47 bits per heavy atom. The predicted octanol–water partition coefficient (Wildman–Crippen LogP) is -3.51. The SMILES string of the molecule is C[C@H](O)[C@H](N)C(=O)NCC(=O)N[C@H](C=O)CO. The Bertz CT molecular complexity index is 282. The molecule has 0 aliphatic rings. The van der Waals surface area contributed by atoms with Crippen LogP contribution in [0, 0.1) is 0 Å². The highest BCUT2D eigenvalue weighted by Crippen LogP contribution is 1.87. The van der Waals surface area contributed by atoms with Crippen LogP contribution in [-0.2, 0) is 14.4 Å². The first-order valence-corrected chi connectivity index (χ1v) is 4.99. The number of nitrogens with one attached hydrogen (secondary N) is 2. The highest BCUT2D eigenvalue weighted by Gasteiger charge is 2.19. The molecule has 0 aromatic heterocycles. The number of hydrogen-bond donors (Lipinski definition) is 5. The van der Waals surface area contributed by atoms with Gasteiger partial charge in [0, 0.05) is 0 Å². The molecule has 0 radical (unpaired) electrons. The Morgan fingerprint density at radius 2 is 2.06 bits per heavy atom. The number of aliphatic hydroxyl groups excluding tert-OH is 2. The van der Waals surface area contributed by atoms with E-state index in [4.69, 9.17) is 15.9 Å². The first-order valence-electron chi connectivity index (χ1n) is 4.99. The lowest BCUT2D eigenvalue weighted by Gasteiger charge is -2.15. The number of carbonyl (C=O) groups excluding carboxylic acids is 3. The van der Waals surface area contributed by atoms with E-state index in [0.29, 0.717) is 6.29 Å². The van der Waals surface area contributed by atoms with E-state index in [9.17, 15) is 14.4 Å². The minimum Gasteiger partial charge on any atom is -0.394 e. The molecule has 3 atom stereocenters. The number of nitrogens with two attached hydrogens (primary N) is 1. The topological polar surface area (TPSA) is 142 Å². The van der Waals surface area contributed by atoms with Crippen LogP contribution in [0.2, 0.25) is 0 Å². The quantitative estimate of drug-likeness (QED) is 0.295. The zero-order chi connectivity index (χ0) is 13.4. The Kier molecular flexibility index (Phi) is 7.03. The van der Waals surface area contributed by atoms with Gasteiger partial charge in [-0.1, -0.05) is 0 Å². The van der Waals surface area contributed by atoms with E-state index in [-0.39, 0.29) is 6.54 Å². The van der Waals surface area contributed by atoms with Crippen LogP contribution in [0.25, 0.3) is 0 Å². The molecule has 0 saturated heterocycles. The highest BCUT2D eigenvalue weighted by molar-refractivity contribution is 5.88. The Balaban J connectivity index is 3.99. The molecule has 0 bridgehead atoms. The van der Waals surface area contributed by atoms with Gasteiger partial charge < -0.3 is 31.4 Å². The van der Waals surface area contributed by atoms with Gasteiger partial charge in [0.25, 0.3) is 0 Å². The average molecular weight is 247 g/mol. The fourth-order valence-electron chi connectivity index (χ4n) is 0.885. The minimum absolute atomic E-state index is 0.376. The lowest BCUT2D eigenvalue weighted by molar-refractivity contribution is -0.129. The van der Waals surface area contributed by atoms with Crippen molar-refractivity contribution in [2.45, 2.75) is 25.1 Å². The second-order valence-electron chi connectivity index (χ2n) is 3.48. The third-order valence-electron chi connectivity index (χ3n) is 1.95. The van der Waals surface area contributed by atoms with Gasteiger partial charge in [-0.3, -0.25) is 9.59 Å². The van der Waals surface area contributed by atoms with Gasteiger partial charge in [0.1, 0.15) is 18.4 Å². The molecule has 0 saturated carbocycles. The molecule has 8 nitrogen and oxygen atoms in total. The third-order valence-corrected chi connectivity index (χ3v) is 1.95. The van der Waals surface area contributed by atoms with E-state index in [2.05, 4.69) is 10.6 Å². The number of amides is 2. The fraction of sp³-hybridized carbons (Fsp3) is 0.667. The molecule has 0 aromatic rings. The summed E-state index contributed by atoms with van der Waals surface area (Å²) in [4.78, 5) is 32.7. The van der Waals surface area contributed by atoms with Gasteiger partial charge in [0.2, 0.25) is 11.8 Å². The Morgan fingerprint density at radius 3 is 2.47 bits per heavy atom. The maximum absolute atomic E-state index is 11.2. The van der Waals surface area contributed by atoms with Crippen molar-refractivity contribution in [2.24, 2.45) is 5.73 Å². The summed E-state index contributed by atoms with van der Waals surface area (Å²) in [6.45, 7) is 0.443. The van der Waals surface area contributed by atoms with E-state index < -0.39 is 36.6 Å². The first kappa shape index (κ1) is 15.5. The van der Waals surface area contributed by atoms with Crippen molar-refractivity contribution in [3.63, 3.8) is 0 Å². The van der Waals surface area contributed by atoms with Crippen LogP contribution in [0.4, 0.5) is 0 Å². The van der Waals surface area contributed by atoms with Crippen LogP contribution in [0.3, 0.4) is 0 Å². The zero-order valence-corrected chi connectivity index (χ0v) is 9.42. The second kappa shape index (κ2) is 7.71. The van der Waals surface area contributed by atoms with Crippen LogP contribution in [0.15, 0.2) is 0 Å². The summed E-state index contributed by atoms with van der Waals surface area (Å²) in [6, 6.07) is -2.12. The fourth-order valence-corrected chi connectivity index (χ4v) is 0.885. The van der Waals surface area contributed by atoms with Crippen molar-refractivity contribution < 1.29 is 24.6 Å². The molecule has 0 fully saturated rings. The molecule has 0 aliphatic carbocycles. The molecule has 0 unspecified atom stereocenters. The van der Waals surface area contributed by atoms with Crippen molar-refractivity contribution in [3.05, 3.63) is 0 Å². The van der Waals surface area contributed by atoms with Gasteiger partial charge in [-0.05, 0) is 6.92 Å². The molecule has 2 amide bonds. The normalized spacial score (nSPS) is 15.5.